The van der Waals surface area contributed by atoms with E-state index in [-0.39, 0.29) is 35.8 Å². The van der Waals surface area contributed by atoms with Crippen LogP contribution in [0.4, 0.5) is 0 Å². The Bertz CT molecular complexity index is 2710. The van der Waals surface area contributed by atoms with Crippen LogP contribution in [0.5, 0.6) is 0 Å². The summed E-state index contributed by atoms with van der Waals surface area (Å²) in [5, 5.41) is 8.72. The van der Waals surface area contributed by atoms with E-state index in [0.29, 0.717) is 5.56 Å². The van der Waals surface area contributed by atoms with E-state index >= 15 is 0 Å². The predicted octanol–water partition coefficient (Wildman–Crippen LogP) is 12.0. The SMILES string of the molecule is [2H]c1c([2H])c([2H])c(-c2ccc3cc(-c4c5ccccc5c(-c5cccc6oc7ccccc7c56)c5ccccc45)ccc3c2)c([2H])c1[2H]. The summed E-state index contributed by atoms with van der Waals surface area (Å²) in [7, 11) is 0. The molecule has 200 valence electrons. The first kappa shape index (κ1) is 19.5. The van der Waals surface area contributed by atoms with Gasteiger partial charge in [0.2, 0.25) is 0 Å². The molecular formula is C42H26O. The number of furan rings is 1. The summed E-state index contributed by atoms with van der Waals surface area (Å²) in [4.78, 5) is 0. The molecule has 0 saturated heterocycles. The van der Waals surface area contributed by atoms with Crippen molar-refractivity contribution in [1.82, 2.24) is 0 Å². The van der Waals surface area contributed by atoms with Gasteiger partial charge in [-0.3, -0.25) is 0 Å². The highest BCUT2D eigenvalue weighted by atomic mass is 16.3. The highest BCUT2D eigenvalue weighted by molar-refractivity contribution is 6.25. The average molecular weight is 552 g/mol. The first-order valence-corrected chi connectivity index (χ1v) is 14.4. The lowest BCUT2D eigenvalue weighted by Crippen LogP contribution is -1.91. The number of hydrogen-bond acceptors (Lipinski definition) is 1. The molecule has 1 aromatic heterocycles. The number of rotatable bonds is 3. The smallest absolute Gasteiger partial charge is 0.136 e. The lowest BCUT2D eigenvalue weighted by atomic mass is 9.84. The van der Waals surface area contributed by atoms with E-state index in [2.05, 4.69) is 91.0 Å². The standard InChI is InChI=1S/C42H26O/c1-2-11-27(12-3-1)28-21-22-30-26-31(24-23-29(30)25-28)40-32-13-4-6-15-34(32)41(35-16-7-5-14-33(35)40)37-18-10-20-39-42(37)36-17-8-9-19-38(36)43-39/h1-26H/i1D,2D,3D,11D,12D. The maximum Gasteiger partial charge on any atom is 0.136 e. The largest absolute Gasteiger partial charge is 0.456 e. The van der Waals surface area contributed by atoms with Gasteiger partial charge in [0.1, 0.15) is 11.2 Å². The highest BCUT2D eigenvalue weighted by Crippen LogP contribution is 2.47. The molecule has 0 aliphatic heterocycles. The molecule has 0 unspecified atom stereocenters. The second kappa shape index (κ2) is 9.44. The first-order chi connectivity index (χ1) is 23.4. The first-order valence-electron chi connectivity index (χ1n) is 16.9. The average Bonchev–Trinajstić information content (AvgIpc) is 3.51. The second-order valence-electron chi connectivity index (χ2n) is 10.9. The van der Waals surface area contributed by atoms with E-state index in [9.17, 15) is 0 Å². The fourth-order valence-electron chi connectivity index (χ4n) is 6.66. The molecule has 8 aromatic carbocycles. The topological polar surface area (TPSA) is 13.1 Å². The van der Waals surface area contributed by atoms with E-state index in [1.807, 2.05) is 36.4 Å². The summed E-state index contributed by atoms with van der Waals surface area (Å²) >= 11 is 0. The lowest BCUT2D eigenvalue weighted by Gasteiger charge is -2.18. The molecule has 0 aliphatic carbocycles. The summed E-state index contributed by atoms with van der Waals surface area (Å²) in [6.07, 6.45) is 0. The summed E-state index contributed by atoms with van der Waals surface area (Å²) in [6.45, 7) is 0. The van der Waals surface area contributed by atoms with Crippen molar-refractivity contribution >= 4 is 54.3 Å². The Morgan fingerprint density at radius 1 is 0.419 bits per heavy atom. The summed E-state index contributed by atoms with van der Waals surface area (Å²) in [6, 6.07) is 42.3. The summed E-state index contributed by atoms with van der Waals surface area (Å²) in [5.74, 6) is 0. The van der Waals surface area contributed by atoms with Crippen LogP contribution >= 0.6 is 0 Å². The van der Waals surface area contributed by atoms with Crippen LogP contribution in [0.15, 0.2) is 162 Å². The van der Waals surface area contributed by atoms with Crippen molar-refractivity contribution in [3.63, 3.8) is 0 Å². The number of benzene rings is 8. The van der Waals surface area contributed by atoms with Gasteiger partial charge < -0.3 is 4.42 Å². The van der Waals surface area contributed by atoms with Crippen molar-refractivity contribution in [1.29, 1.82) is 0 Å². The van der Waals surface area contributed by atoms with Crippen LogP contribution in [0.2, 0.25) is 0 Å². The monoisotopic (exact) mass is 551 g/mol. The molecule has 43 heavy (non-hydrogen) atoms. The molecular weight excluding hydrogens is 520 g/mol. The second-order valence-corrected chi connectivity index (χ2v) is 10.9. The summed E-state index contributed by atoms with van der Waals surface area (Å²) < 4.78 is 47.4. The third kappa shape index (κ3) is 3.72. The zero-order valence-electron chi connectivity index (χ0n) is 28.0. The van der Waals surface area contributed by atoms with Gasteiger partial charge in [0.15, 0.2) is 0 Å². The third-order valence-corrected chi connectivity index (χ3v) is 8.52. The van der Waals surface area contributed by atoms with Crippen LogP contribution < -0.4 is 0 Å². The molecule has 9 aromatic rings. The number of fused-ring (bicyclic) bond motifs is 6. The van der Waals surface area contributed by atoms with Crippen LogP contribution in [0.3, 0.4) is 0 Å². The van der Waals surface area contributed by atoms with Crippen LogP contribution in [0.1, 0.15) is 6.85 Å². The van der Waals surface area contributed by atoms with Gasteiger partial charge >= 0.3 is 0 Å². The van der Waals surface area contributed by atoms with Crippen LogP contribution in [0, 0.1) is 0 Å². The molecule has 0 bridgehead atoms. The minimum Gasteiger partial charge on any atom is -0.456 e. The van der Waals surface area contributed by atoms with Crippen LogP contribution in [-0.4, -0.2) is 0 Å². The number of hydrogen-bond donors (Lipinski definition) is 0. The lowest BCUT2D eigenvalue weighted by molar-refractivity contribution is 0.669. The molecule has 0 aliphatic rings. The van der Waals surface area contributed by atoms with Crippen LogP contribution in [0.25, 0.3) is 87.6 Å². The Morgan fingerprint density at radius 3 is 1.67 bits per heavy atom. The van der Waals surface area contributed by atoms with Gasteiger partial charge in [0.25, 0.3) is 0 Å². The molecule has 0 saturated carbocycles. The molecule has 0 amide bonds. The molecule has 0 fully saturated rings. The van der Waals surface area contributed by atoms with Crippen molar-refractivity contribution in [2.24, 2.45) is 0 Å². The van der Waals surface area contributed by atoms with Crippen molar-refractivity contribution in [2.45, 2.75) is 0 Å². The molecule has 1 nitrogen and oxygen atoms in total. The van der Waals surface area contributed by atoms with Crippen molar-refractivity contribution in [3.05, 3.63) is 158 Å². The highest BCUT2D eigenvalue weighted by Gasteiger charge is 2.20. The van der Waals surface area contributed by atoms with Gasteiger partial charge in [-0.15, -0.1) is 0 Å². The van der Waals surface area contributed by atoms with Crippen molar-refractivity contribution in [3.8, 4) is 33.4 Å². The predicted molar refractivity (Wildman–Crippen MR) is 183 cm³/mol. The molecule has 0 spiro atoms. The van der Waals surface area contributed by atoms with Gasteiger partial charge in [0.05, 0.1) is 6.85 Å². The zero-order chi connectivity index (χ0) is 32.7. The fourth-order valence-corrected chi connectivity index (χ4v) is 6.66. The summed E-state index contributed by atoms with van der Waals surface area (Å²) in [5.41, 5.74) is 7.06. The molecule has 0 radical (unpaired) electrons. The van der Waals surface area contributed by atoms with E-state index in [1.165, 1.54) is 5.56 Å². The normalized spacial score (nSPS) is 13.3. The Hall–Kier alpha value is -5.66. The number of para-hydroxylation sites is 1. The quantitative estimate of drug-likeness (QED) is 0.199. The maximum absolute atomic E-state index is 8.46. The van der Waals surface area contributed by atoms with Gasteiger partial charge in [0, 0.05) is 10.8 Å². The minimum atomic E-state index is -0.389. The fraction of sp³-hybridized carbons (Fsp3) is 0. The third-order valence-electron chi connectivity index (χ3n) is 8.52. The van der Waals surface area contributed by atoms with E-state index in [0.717, 1.165) is 70.9 Å². The van der Waals surface area contributed by atoms with Crippen molar-refractivity contribution in [2.75, 3.05) is 0 Å². The molecule has 1 heterocycles. The zero-order valence-corrected chi connectivity index (χ0v) is 23.0. The maximum atomic E-state index is 8.46. The molecule has 0 N–H and O–H groups in total. The molecule has 9 rings (SSSR count). The minimum absolute atomic E-state index is 0.200. The van der Waals surface area contributed by atoms with Gasteiger partial charge in [-0.25, -0.2) is 0 Å². The van der Waals surface area contributed by atoms with Gasteiger partial charge in [-0.05, 0) is 90.0 Å². The molecule has 0 atom stereocenters. The van der Waals surface area contributed by atoms with Crippen molar-refractivity contribution < 1.29 is 11.3 Å². The Balaban J connectivity index is 1.28. The van der Waals surface area contributed by atoms with Gasteiger partial charge in [-0.2, -0.15) is 0 Å². The van der Waals surface area contributed by atoms with E-state index in [4.69, 9.17) is 11.3 Å². The Labute approximate surface area is 256 Å². The Kier molecular flexibility index (Phi) is 4.27. The van der Waals surface area contributed by atoms with Gasteiger partial charge in [-0.1, -0.05) is 133 Å². The Morgan fingerprint density at radius 2 is 0.977 bits per heavy atom. The van der Waals surface area contributed by atoms with E-state index in [1.54, 1.807) is 0 Å². The molecule has 1 heteroatoms. The van der Waals surface area contributed by atoms with Crippen LogP contribution in [-0.2, 0) is 0 Å². The van der Waals surface area contributed by atoms with E-state index < -0.39 is 0 Å².